The Labute approximate surface area is 75.2 Å². The molecule has 74 valence electrons. The zero-order valence-corrected chi connectivity index (χ0v) is 9.02. The van der Waals surface area contributed by atoms with E-state index in [2.05, 4.69) is 4.18 Å². The van der Waals surface area contributed by atoms with Gasteiger partial charge in [-0.3, -0.25) is 4.18 Å². The van der Waals surface area contributed by atoms with Crippen LogP contribution >= 0.6 is 0 Å². The Morgan fingerprint density at radius 1 is 1.25 bits per heavy atom. The summed E-state index contributed by atoms with van der Waals surface area (Å²) in [6, 6.07) is 0. The molecule has 0 radical (unpaired) electrons. The lowest BCUT2D eigenvalue weighted by molar-refractivity contribution is 0.327. The predicted octanol–water partition coefficient (Wildman–Crippen LogP) is 1.64. The molecule has 3 nitrogen and oxygen atoms in total. The Morgan fingerprint density at radius 3 is 2.08 bits per heavy atom. The van der Waals surface area contributed by atoms with Gasteiger partial charge in [-0.15, -0.1) is 0 Å². The molecule has 0 aliphatic heterocycles. The van der Waals surface area contributed by atoms with E-state index >= 15 is 0 Å². The second-order valence-corrected chi connectivity index (χ2v) is 5.04. The highest BCUT2D eigenvalue weighted by molar-refractivity contribution is 7.86. The molecule has 1 atom stereocenters. The molecule has 0 aromatic rings. The van der Waals surface area contributed by atoms with Crippen LogP contribution in [-0.4, -0.2) is 20.8 Å². The predicted molar refractivity (Wildman–Crippen MR) is 49.4 cm³/mol. The molecule has 0 fully saturated rings. The molecule has 0 aliphatic carbocycles. The first-order valence-corrected chi connectivity index (χ1v) is 5.84. The van der Waals surface area contributed by atoms with Crippen LogP contribution in [0.1, 0.15) is 27.7 Å². The number of hydrogen-bond donors (Lipinski definition) is 0. The maximum Gasteiger partial charge on any atom is 0.267 e. The summed E-state index contributed by atoms with van der Waals surface area (Å²) in [5.74, 6) is 0.653. The molecule has 0 rings (SSSR count). The number of rotatable bonds is 5. The van der Waals surface area contributed by atoms with Crippen LogP contribution in [-0.2, 0) is 14.3 Å². The highest BCUT2D eigenvalue weighted by atomic mass is 32.2. The van der Waals surface area contributed by atoms with E-state index in [1.807, 2.05) is 20.8 Å². The van der Waals surface area contributed by atoms with E-state index in [0.717, 1.165) is 0 Å². The molecule has 0 bridgehead atoms. The molecule has 0 aromatic heterocycles. The van der Waals surface area contributed by atoms with E-state index in [0.29, 0.717) is 5.92 Å². The quantitative estimate of drug-likeness (QED) is 0.625. The van der Waals surface area contributed by atoms with Crippen molar-refractivity contribution in [3.8, 4) is 0 Å². The van der Waals surface area contributed by atoms with Crippen molar-refractivity contribution in [2.24, 2.45) is 11.8 Å². The van der Waals surface area contributed by atoms with Crippen LogP contribution < -0.4 is 0 Å². The molecule has 0 heterocycles. The fraction of sp³-hybridized carbons (Fsp3) is 1.00. The van der Waals surface area contributed by atoms with E-state index < -0.39 is 10.1 Å². The molecule has 4 heteroatoms. The first-order chi connectivity index (χ1) is 5.39. The third kappa shape index (κ3) is 4.72. The van der Waals surface area contributed by atoms with Crippen molar-refractivity contribution in [2.75, 3.05) is 12.4 Å². The van der Waals surface area contributed by atoms with Gasteiger partial charge in [0.05, 0.1) is 12.4 Å². The molecule has 0 saturated heterocycles. The van der Waals surface area contributed by atoms with Gasteiger partial charge in [-0.1, -0.05) is 20.8 Å². The fourth-order valence-corrected chi connectivity index (χ4v) is 2.23. The average molecular weight is 194 g/mol. The van der Waals surface area contributed by atoms with Crippen LogP contribution in [0.4, 0.5) is 0 Å². The van der Waals surface area contributed by atoms with Gasteiger partial charge in [-0.05, 0) is 18.8 Å². The Kier molecular flexibility index (Phi) is 4.78. The first-order valence-electron chi connectivity index (χ1n) is 4.26. The summed E-state index contributed by atoms with van der Waals surface area (Å²) >= 11 is 0. The van der Waals surface area contributed by atoms with Crippen molar-refractivity contribution in [1.82, 2.24) is 0 Å². The summed E-state index contributed by atoms with van der Waals surface area (Å²) in [6.07, 6.45) is 0. The van der Waals surface area contributed by atoms with Crippen molar-refractivity contribution in [3.05, 3.63) is 0 Å². The summed E-state index contributed by atoms with van der Waals surface area (Å²) in [4.78, 5) is 0. The Morgan fingerprint density at radius 2 is 1.75 bits per heavy atom. The lowest BCUT2D eigenvalue weighted by atomic mass is 10.0. The maximum absolute atomic E-state index is 11.1. The zero-order valence-electron chi connectivity index (χ0n) is 8.20. The summed E-state index contributed by atoms with van der Waals surface area (Å²) < 4.78 is 26.9. The second kappa shape index (κ2) is 4.82. The highest BCUT2D eigenvalue weighted by Gasteiger charge is 2.17. The minimum Gasteiger partial charge on any atom is -0.270 e. The van der Waals surface area contributed by atoms with E-state index in [9.17, 15) is 8.42 Å². The maximum atomic E-state index is 11.1. The van der Waals surface area contributed by atoms with Crippen molar-refractivity contribution < 1.29 is 12.6 Å². The summed E-state index contributed by atoms with van der Waals surface area (Å²) in [5.41, 5.74) is 0. The third-order valence-corrected chi connectivity index (χ3v) is 3.43. The summed E-state index contributed by atoms with van der Waals surface area (Å²) in [7, 11) is -3.28. The van der Waals surface area contributed by atoms with Gasteiger partial charge in [-0.2, -0.15) is 8.42 Å². The van der Waals surface area contributed by atoms with Crippen LogP contribution in [0.25, 0.3) is 0 Å². The molecule has 0 saturated carbocycles. The summed E-state index contributed by atoms with van der Waals surface area (Å²) in [6.45, 7) is 7.84. The van der Waals surface area contributed by atoms with Crippen molar-refractivity contribution >= 4 is 10.1 Å². The van der Waals surface area contributed by atoms with Gasteiger partial charge in [0.2, 0.25) is 0 Å². The normalized spacial score (nSPS) is 15.1. The number of hydrogen-bond acceptors (Lipinski definition) is 3. The molecule has 0 aromatic carbocycles. The van der Waals surface area contributed by atoms with E-state index in [4.69, 9.17) is 0 Å². The standard InChI is InChI=1S/C8H18O3S/c1-5-11-12(9,10)6-8(4)7(2)3/h7-8H,5-6H2,1-4H3/t8-/m0/s1. The monoisotopic (exact) mass is 194 g/mol. The molecular formula is C8H18O3S. The van der Waals surface area contributed by atoms with E-state index in [-0.39, 0.29) is 18.3 Å². The zero-order chi connectivity index (χ0) is 9.78. The van der Waals surface area contributed by atoms with Gasteiger partial charge in [0, 0.05) is 0 Å². The van der Waals surface area contributed by atoms with Crippen LogP contribution in [0.2, 0.25) is 0 Å². The Bertz CT molecular complexity index is 206. The topological polar surface area (TPSA) is 43.4 Å². The van der Waals surface area contributed by atoms with Crippen LogP contribution in [0.15, 0.2) is 0 Å². The Hall–Kier alpha value is -0.0900. The SMILES string of the molecule is CCOS(=O)(=O)C[C@H](C)C(C)C. The fourth-order valence-electron chi connectivity index (χ4n) is 0.742. The molecular weight excluding hydrogens is 176 g/mol. The highest BCUT2D eigenvalue weighted by Crippen LogP contribution is 2.12. The largest absolute Gasteiger partial charge is 0.270 e. The van der Waals surface area contributed by atoms with Crippen molar-refractivity contribution in [1.29, 1.82) is 0 Å². The van der Waals surface area contributed by atoms with Crippen LogP contribution in [0.3, 0.4) is 0 Å². The average Bonchev–Trinajstić information content (AvgIpc) is 1.85. The minimum atomic E-state index is -3.28. The summed E-state index contributed by atoms with van der Waals surface area (Å²) in [5, 5.41) is 0. The van der Waals surface area contributed by atoms with Crippen LogP contribution in [0, 0.1) is 11.8 Å². The van der Waals surface area contributed by atoms with Crippen molar-refractivity contribution in [2.45, 2.75) is 27.7 Å². The van der Waals surface area contributed by atoms with E-state index in [1.165, 1.54) is 0 Å². The van der Waals surface area contributed by atoms with Gasteiger partial charge in [0.1, 0.15) is 0 Å². The molecule has 0 amide bonds. The molecule has 0 unspecified atom stereocenters. The molecule has 0 N–H and O–H groups in total. The van der Waals surface area contributed by atoms with Gasteiger partial charge in [-0.25, -0.2) is 0 Å². The van der Waals surface area contributed by atoms with Crippen molar-refractivity contribution in [3.63, 3.8) is 0 Å². The second-order valence-electron chi connectivity index (χ2n) is 3.35. The first kappa shape index (κ1) is 11.9. The van der Waals surface area contributed by atoms with Crippen LogP contribution in [0.5, 0.6) is 0 Å². The van der Waals surface area contributed by atoms with E-state index in [1.54, 1.807) is 6.92 Å². The lowest BCUT2D eigenvalue weighted by Gasteiger charge is -2.14. The molecule has 12 heavy (non-hydrogen) atoms. The van der Waals surface area contributed by atoms with Gasteiger partial charge < -0.3 is 0 Å². The Balaban J connectivity index is 4.07. The van der Waals surface area contributed by atoms with Gasteiger partial charge in [0.25, 0.3) is 10.1 Å². The minimum absolute atomic E-state index is 0.124. The molecule has 0 spiro atoms. The van der Waals surface area contributed by atoms with Gasteiger partial charge in [0.15, 0.2) is 0 Å². The molecule has 0 aliphatic rings. The smallest absolute Gasteiger partial charge is 0.267 e. The lowest BCUT2D eigenvalue weighted by Crippen LogP contribution is -2.19. The van der Waals surface area contributed by atoms with Gasteiger partial charge >= 0.3 is 0 Å². The third-order valence-electron chi connectivity index (χ3n) is 1.90.